The molecule has 0 saturated heterocycles. The van der Waals surface area contributed by atoms with Crippen molar-refractivity contribution in [2.24, 2.45) is 0 Å². The summed E-state index contributed by atoms with van der Waals surface area (Å²) in [7, 11) is 0. The van der Waals surface area contributed by atoms with Crippen LogP contribution >= 0.6 is 0 Å². The van der Waals surface area contributed by atoms with Gasteiger partial charge in [-0.2, -0.15) is 0 Å². The normalized spacial score (nSPS) is 11.8. The van der Waals surface area contributed by atoms with Gasteiger partial charge in [0.05, 0.1) is 13.2 Å². The zero-order valence-corrected chi connectivity index (χ0v) is 10.0. The Kier molecular flexibility index (Phi) is 8.29. The molecule has 3 nitrogen and oxygen atoms in total. The molecular formula is C11H21F2NO2. The second-order valence-corrected chi connectivity index (χ2v) is 3.62. The number of hydrogen-bond acceptors (Lipinski definition) is 3. The zero-order chi connectivity index (χ0) is 12.4. The first-order chi connectivity index (χ1) is 7.52. The molecule has 0 aliphatic carbocycles. The fraction of sp³-hybridized carbons (Fsp3) is 0.909. The number of hydrogen-bond donors (Lipinski definition) is 1. The van der Waals surface area contributed by atoms with E-state index in [-0.39, 0.29) is 38.3 Å². The lowest BCUT2D eigenvalue weighted by molar-refractivity contribution is -0.118. The number of carbonyl (C=O) groups is 1. The van der Waals surface area contributed by atoms with Crippen LogP contribution in [-0.4, -0.2) is 38.0 Å². The van der Waals surface area contributed by atoms with Crippen LogP contribution in [0, 0.1) is 0 Å². The first-order valence-electron chi connectivity index (χ1n) is 5.69. The molecule has 0 bridgehead atoms. The Morgan fingerprint density at radius 3 is 2.56 bits per heavy atom. The molecule has 0 heterocycles. The first kappa shape index (κ1) is 15.4. The van der Waals surface area contributed by atoms with Crippen molar-refractivity contribution < 1.29 is 18.3 Å². The average molecular weight is 237 g/mol. The maximum Gasteiger partial charge on any atom is 0.251 e. The van der Waals surface area contributed by atoms with Crippen LogP contribution in [0.25, 0.3) is 0 Å². The topological polar surface area (TPSA) is 38.3 Å². The Morgan fingerprint density at radius 1 is 1.31 bits per heavy atom. The molecule has 96 valence electrons. The lowest BCUT2D eigenvalue weighted by Crippen LogP contribution is -2.29. The predicted octanol–water partition coefficient (Wildman–Crippen LogP) is 2.01. The minimum Gasteiger partial charge on any atom is -0.382 e. The number of alkyl halides is 2. The summed E-state index contributed by atoms with van der Waals surface area (Å²) in [6.07, 6.45) is -0.0744. The van der Waals surface area contributed by atoms with Gasteiger partial charge in [-0.15, -0.1) is 0 Å². The number of nitrogens with one attached hydrogen (secondary N) is 1. The smallest absolute Gasteiger partial charge is 0.251 e. The summed E-state index contributed by atoms with van der Waals surface area (Å²) in [6, 6.07) is 0. The van der Waals surface area contributed by atoms with Crippen LogP contribution in [0.2, 0.25) is 0 Å². The van der Waals surface area contributed by atoms with Gasteiger partial charge in [0.15, 0.2) is 0 Å². The van der Waals surface area contributed by atoms with Crippen molar-refractivity contribution in [3.05, 3.63) is 0 Å². The third-order valence-corrected chi connectivity index (χ3v) is 2.20. The van der Waals surface area contributed by atoms with E-state index in [4.69, 9.17) is 4.74 Å². The highest BCUT2D eigenvalue weighted by Crippen LogP contribution is 2.21. The van der Waals surface area contributed by atoms with Crippen molar-refractivity contribution in [2.45, 2.75) is 39.0 Å². The third kappa shape index (κ3) is 8.73. The number of ketones is 1. The van der Waals surface area contributed by atoms with Crippen LogP contribution in [0.15, 0.2) is 0 Å². The van der Waals surface area contributed by atoms with Gasteiger partial charge in [-0.05, 0) is 6.92 Å². The highest BCUT2D eigenvalue weighted by atomic mass is 19.3. The molecule has 16 heavy (non-hydrogen) atoms. The van der Waals surface area contributed by atoms with E-state index in [1.165, 1.54) is 0 Å². The molecule has 0 aliphatic rings. The predicted molar refractivity (Wildman–Crippen MR) is 58.8 cm³/mol. The van der Waals surface area contributed by atoms with Crippen LogP contribution in [0.3, 0.4) is 0 Å². The molecule has 0 spiro atoms. The van der Waals surface area contributed by atoms with E-state index in [1.807, 2.05) is 0 Å². The number of Topliss-reactive ketones (excluding diaryl/α,β-unsaturated/α-hetero) is 1. The molecule has 0 aliphatic heterocycles. The van der Waals surface area contributed by atoms with Gasteiger partial charge in [-0.1, -0.05) is 6.92 Å². The van der Waals surface area contributed by atoms with E-state index in [0.29, 0.717) is 13.0 Å². The molecule has 0 atom stereocenters. The van der Waals surface area contributed by atoms with Crippen molar-refractivity contribution in [1.29, 1.82) is 0 Å². The van der Waals surface area contributed by atoms with Gasteiger partial charge in [-0.25, -0.2) is 8.78 Å². The molecule has 0 aromatic heterocycles. The highest BCUT2D eigenvalue weighted by Gasteiger charge is 2.27. The van der Waals surface area contributed by atoms with Gasteiger partial charge in [-0.3, -0.25) is 4.79 Å². The third-order valence-electron chi connectivity index (χ3n) is 2.20. The molecule has 0 saturated carbocycles. The monoisotopic (exact) mass is 237 g/mol. The molecule has 0 unspecified atom stereocenters. The Bertz CT molecular complexity index is 198. The van der Waals surface area contributed by atoms with E-state index in [1.54, 1.807) is 13.8 Å². The molecular weight excluding hydrogens is 216 g/mol. The summed E-state index contributed by atoms with van der Waals surface area (Å²) in [5.41, 5.74) is 0. The molecule has 0 fully saturated rings. The summed E-state index contributed by atoms with van der Waals surface area (Å²) >= 11 is 0. The Labute approximate surface area is 95.5 Å². The van der Waals surface area contributed by atoms with E-state index in [9.17, 15) is 13.6 Å². The van der Waals surface area contributed by atoms with Crippen molar-refractivity contribution in [3.63, 3.8) is 0 Å². The number of ether oxygens (including phenoxy) is 1. The summed E-state index contributed by atoms with van der Waals surface area (Å²) in [5.74, 6) is -2.67. The van der Waals surface area contributed by atoms with Crippen molar-refractivity contribution >= 4 is 5.78 Å². The van der Waals surface area contributed by atoms with Gasteiger partial charge in [0.2, 0.25) is 0 Å². The van der Waals surface area contributed by atoms with Gasteiger partial charge in [0.1, 0.15) is 5.78 Å². The van der Waals surface area contributed by atoms with Crippen LogP contribution in [0.1, 0.15) is 33.1 Å². The summed E-state index contributed by atoms with van der Waals surface area (Å²) in [5, 5.41) is 2.71. The second kappa shape index (κ2) is 8.58. The van der Waals surface area contributed by atoms with Crippen molar-refractivity contribution in [1.82, 2.24) is 5.32 Å². The standard InChI is InChI=1S/C11H21F2NO2/c1-3-10(15)9-14-7-5-11(12,13)6-8-16-4-2/h14H,3-9H2,1-2H3. The average Bonchev–Trinajstić information content (AvgIpc) is 2.24. The van der Waals surface area contributed by atoms with E-state index in [2.05, 4.69) is 5.32 Å². The van der Waals surface area contributed by atoms with E-state index in [0.717, 1.165) is 0 Å². The Hall–Kier alpha value is -0.550. The van der Waals surface area contributed by atoms with Gasteiger partial charge in [0.25, 0.3) is 5.92 Å². The maximum absolute atomic E-state index is 13.1. The van der Waals surface area contributed by atoms with E-state index >= 15 is 0 Å². The van der Waals surface area contributed by atoms with Crippen LogP contribution < -0.4 is 5.32 Å². The largest absolute Gasteiger partial charge is 0.382 e. The minimum absolute atomic E-state index is 0.0395. The fourth-order valence-electron chi connectivity index (χ4n) is 1.11. The lowest BCUT2D eigenvalue weighted by atomic mass is 10.2. The van der Waals surface area contributed by atoms with E-state index < -0.39 is 5.92 Å². The molecule has 0 radical (unpaired) electrons. The van der Waals surface area contributed by atoms with Crippen molar-refractivity contribution in [2.75, 3.05) is 26.3 Å². The first-order valence-corrected chi connectivity index (χ1v) is 5.69. The summed E-state index contributed by atoms with van der Waals surface area (Å²) in [6.45, 7) is 4.40. The molecule has 0 rings (SSSR count). The number of rotatable bonds is 10. The summed E-state index contributed by atoms with van der Waals surface area (Å²) < 4.78 is 31.2. The number of carbonyl (C=O) groups excluding carboxylic acids is 1. The van der Waals surface area contributed by atoms with Crippen LogP contribution in [0.5, 0.6) is 0 Å². The Balaban J connectivity index is 3.53. The van der Waals surface area contributed by atoms with Gasteiger partial charge >= 0.3 is 0 Å². The van der Waals surface area contributed by atoms with Gasteiger partial charge < -0.3 is 10.1 Å². The molecule has 1 N–H and O–H groups in total. The maximum atomic E-state index is 13.1. The second-order valence-electron chi connectivity index (χ2n) is 3.62. The highest BCUT2D eigenvalue weighted by molar-refractivity contribution is 5.80. The quantitative estimate of drug-likeness (QED) is 0.591. The minimum atomic E-state index is -2.71. The van der Waals surface area contributed by atoms with Crippen molar-refractivity contribution in [3.8, 4) is 0 Å². The summed E-state index contributed by atoms with van der Waals surface area (Å²) in [4.78, 5) is 10.9. The molecule has 0 aromatic rings. The SMILES string of the molecule is CCOCCC(F)(F)CCNCC(=O)CC. The Morgan fingerprint density at radius 2 is 2.00 bits per heavy atom. The lowest BCUT2D eigenvalue weighted by Gasteiger charge is -2.16. The fourth-order valence-corrected chi connectivity index (χ4v) is 1.11. The molecule has 5 heteroatoms. The molecule has 0 aromatic carbocycles. The molecule has 0 amide bonds. The van der Waals surface area contributed by atoms with Crippen LogP contribution in [0.4, 0.5) is 8.78 Å². The van der Waals surface area contributed by atoms with Crippen LogP contribution in [-0.2, 0) is 9.53 Å². The van der Waals surface area contributed by atoms with Gasteiger partial charge in [0, 0.05) is 32.4 Å². The zero-order valence-electron chi connectivity index (χ0n) is 10.0. The number of halogens is 2.